The smallest absolute Gasteiger partial charge is 0.213 e. The van der Waals surface area contributed by atoms with Gasteiger partial charge >= 0.3 is 0 Å². The fraction of sp³-hybridized carbons (Fsp3) is 0.706. The molecule has 0 saturated heterocycles. The van der Waals surface area contributed by atoms with Crippen molar-refractivity contribution in [2.45, 2.75) is 32.7 Å². The Morgan fingerprint density at radius 3 is 2.67 bits per heavy atom. The largest absolute Gasteiger partial charge is 0.357 e. The van der Waals surface area contributed by atoms with Gasteiger partial charge in [0.1, 0.15) is 0 Å². The summed E-state index contributed by atoms with van der Waals surface area (Å²) in [6, 6.07) is 2.06. The van der Waals surface area contributed by atoms with Crippen molar-refractivity contribution in [2.24, 2.45) is 18.0 Å². The summed E-state index contributed by atoms with van der Waals surface area (Å²) in [6.07, 6.45) is 5.48. The molecule has 0 spiro atoms. The molecule has 0 atom stereocenters. The van der Waals surface area contributed by atoms with Crippen molar-refractivity contribution in [1.29, 1.82) is 0 Å². The maximum Gasteiger partial charge on any atom is 0.213 e. The summed E-state index contributed by atoms with van der Waals surface area (Å²) in [6.45, 7) is 4.21. The first kappa shape index (κ1) is 24.7. The molecular weight excluding hydrogens is 545 g/mol. The zero-order valence-electron chi connectivity index (χ0n) is 16.2. The maximum atomic E-state index is 12.1. The molecule has 1 heterocycles. The molecule has 0 aromatic carbocycles. The minimum absolute atomic E-state index is 0. The van der Waals surface area contributed by atoms with Crippen LogP contribution in [0.15, 0.2) is 21.7 Å². The second-order valence-corrected chi connectivity index (χ2v) is 9.66. The molecule has 1 saturated carbocycles. The Balaban J connectivity index is 0.00000364. The Morgan fingerprint density at radius 1 is 1.44 bits per heavy atom. The van der Waals surface area contributed by atoms with Crippen LogP contribution in [0.1, 0.15) is 31.9 Å². The zero-order chi connectivity index (χ0) is 19.2. The molecule has 27 heavy (non-hydrogen) atoms. The van der Waals surface area contributed by atoms with Gasteiger partial charge in [0.25, 0.3) is 0 Å². The van der Waals surface area contributed by atoms with Crippen molar-refractivity contribution < 1.29 is 8.42 Å². The molecule has 0 radical (unpaired) electrons. The van der Waals surface area contributed by atoms with Crippen LogP contribution >= 0.6 is 39.9 Å². The lowest BCUT2D eigenvalue weighted by molar-refractivity contribution is 0.316. The molecule has 2 N–H and O–H groups in total. The van der Waals surface area contributed by atoms with Gasteiger partial charge in [0.15, 0.2) is 5.96 Å². The van der Waals surface area contributed by atoms with E-state index >= 15 is 0 Å². The summed E-state index contributed by atoms with van der Waals surface area (Å²) in [5.74, 6) is 1.23. The number of aryl methyl sites for hydroxylation is 1. The van der Waals surface area contributed by atoms with Gasteiger partial charge in [-0.2, -0.15) is 0 Å². The van der Waals surface area contributed by atoms with Crippen LogP contribution in [0.2, 0.25) is 0 Å². The van der Waals surface area contributed by atoms with Crippen LogP contribution in [0.4, 0.5) is 0 Å². The van der Waals surface area contributed by atoms with Gasteiger partial charge in [-0.15, -0.1) is 24.0 Å². The van der Waals surface area contributed by atoms with Crippen LogP contribution in [0, 0.1) is 5.92 Å². The fourth-order valence-corrected chi connectivity index (χ4v) is 4.33. The van der Waals surface area contributed by atoms with E-state index in [1.807, 2.05) is 32.1 Å². The van der Waals surface area contributed by atoms with Gasteiger partial charge in [0.2, 0.25) is 10.0 Å². The molecule has 156 valence electrons. The molecule has 1 aromatic rings. The van der Waals surface area contributed by atoms with E-state index in [0.717, 1.165) is 29.6 Å². The second kappa shape index (κ2) is 11.6. The number of aromatic nitrogens is 1. The third-order valence-corrected chi connectivity index (χ3v) is 6.37. The SMILES string of the molecule is CCNC(=NCCS(=O)(=O)NCC1CCC1)N(C)Cc1cc(Br)cn1C.I. The molecule has 1 fully saturated rings. The maximum absolute atomic E-state index is 12.1. The van der Waals surface area contributed by atoms with Crippen molar-refractivity contribution >= 4 is 55.9 Å². The summed E-state index contributed by atoms with van der Waals surface area (Å²) >= 11 is 3.48. The predicted molar refractivity (Wildman–Crippen MR) is 125 cm³/mol. The number of aliphatic imine (C=N–C) groups is 1. The van der Waals surface area contributed by atoms with Crippen LogP contribution < -0.4 is 10.0 Å². The average molecular weight is 576 g/mol. The molecule has 0 amide bonds. The molecule has 1 aliphatic rings. The third-order valence-electron chi connectivity index (χ3n) is 4.61. The molecule has 0 aliphatic heterocycles. The predicted octanol–water partition coefficient (Wildman–Crippen LogP) is 2.52. The van der Waals surface area contributed by atoms with Crippen molar-refractivity contribution in [3.05, 3.63) is 22.4 Å². The minimum Gasteiger partial charge on any atom is -0.357 e. The van der Waals surface area contributed by atoms with Gasteiger partial charge in [-0.1, -0.05) is 6.42 Å². The first-order chi connectivity index (χ1) is 12.3. The van der Waals surface area contributed by atoms with E-state index in [-0.39, 0.29) is 36.3 Å². The fourth-order valence-electron chi connectivity index (χ4n) is 2.80. The first-order valence-corrected chi connectivity index (χ1v) is 11.5. The monoisotopic (exact) mass is 575 g/mol. The molecule has 2 rings (SSSR count). The van der Waals surface area contributed by atoms with Gasteiger partial charge in [0.05, 0.1) is 18.8 Å². The van der Waals surface area contributed by atoms with Gasteiger partial charge in [0, 0.05) is 43.5 Å². The van der Waals surface area contributed by atoms with Gasteiger partial charge in [-0.3, -0.25) is 4.99 Å². The highest BCUT2D eigenvalue weighted by molar-refractivity contribution is 14.0. The molecule has 0 unspecified atom stereocenters. The van der Waals surface area contributed by atoms with Crippen LogP contribution in [-0.2, 0) is 23.6 Å². The number of halogens is 2. The number of hydrogen-bond donors (Lipinski definition) is 2. The van der Waals surface area contributed by atoms with Crippen molar-refractivity contribution in [3.63, 3.8) is 0 Å². The van der Waals surface area contributed by atoms with E-state index in [1.54, 1.807) is 0 Å². The molecule has 0 bridgehead atoms. The first-order valence-electron chi connectivity index (χ1n) is 9.08. The second-order valence-electron chi connectivity index (χ2n) is 6.82. The van der Waals surface area contributed by atoms with E-state index in [0.29, 0.717) is 25.0 Å². The summed E-state index contributed by atoms with van der Waals surface area (Å²) in [7, 11) is 0.683. The Labute approximate surface area is 188 Å². The van der Waals surface area contributed by atoms with E-state index in [9.17, 15) is 8.42 Å². The minimum atomic E-state index is -3.27. The summed E-state index contributed by atoms with van der Waals surface area (Å²) in [5, 5.41) is 3.22. The molecule has 1 aliphatic carbocycles. The van der Waals surface area contributed by atoms with E-state index in [2.05, 4.69) is 41.6 Å². The number of rotatable bonds is 9. The van der Waals surface area contributed by atoms with Crippen LogP contribution in [0.5, 0.6) is 0 Å². The van der Waals surface area contributed by atoms with Crippen molar-refractivity contribution in [2.75, 3.05) is 32.4 Å². The van der Waals surface area contributed by atoms with Gasteiger partial charge in [-0.05, 0) is 47.7 Å². The topological polar surface area (TPSA) is 78.7 Å². The number of hydrogen-bond acceptors (Lipinski definition) is 3. The van der Waals surface area contributed by atoms with Gasteiger partial charge < -0.3 is 14.8 Å². The molecule has 1 aromatic heterocycles. The number of nitrogens with zero attached hydrogens (tertiary/aromatic N) is 3. The highest BCUT2D eigenvalue weighted by atomic mass is 127. The number of nitrogens with one attached hydrogen (secondary N) is 2. The van der Waals surface area contributed by atoms with E-state index in [1.165, 1.54) is 6.42 Å². The highest BCUT2D eigenvalue weighted by Gasteiger charge is 2.20. The number of guanidine groups is 1. The normalized spacial score (nSPS) is 15.2. The average Bonchev–Trinajstić information content (AvgIpc) is 2.82. The standard InChI is InChI=1S/C17H30BrN5O2S.HI/c1-4-19-17(23(3)13-16-10-15(18)12-22(16)2)20-8-9-26(24,25)21-11-14-6-5-7-14;/h10,12,14,21H,4-9,11,13H2,1-3H3,(H,19,20);1H. The quantitative estimate of drug-likeness (QED) is 0.269. The van der Waals surface area contributed by atoms with Crippen LogP contribution in [0.3, 0.4) is 0 Å². The van der Waals surface area contributed by atoms with Crippen molar-refractivity contribution in [1.82, 2.24) is 19.5 Å². The van der Waals surface area contributed by atoms with Crippen LogP contribution in [-0.4, -0.2) is 56.3 Å². The molecular formula is C17H31BrIN5O2S. The molecule has 10 heteroatoms. The number of sulfonamides is 1. The zero-order valence-corrected chi connectivity index (χ0v) is 21.0. The molecule has 7 nitrogen and oxygen atoms in total. The Hall–Kier alpha value is -0.330. The summed E-state index contributed by atoms with van der Waals surface area (Å²) in [5.41, 5.74) is 1.14. The Bertz CT molecular complexity index is 719. The summed E-state index contributed by atoms with van der Waals surface area (Å²) < 4.78 is 30.0. The van der Waals surface area contributed by atoms with E-state index in [4.69, 9.17) is 0 Å². The highest BCUT2D eigenvalue weighted by Crippen LogP contribution is 2.25. The van der Waals surface area contributed by atoms with Gasteiger partial charge in [-0.25, -0.2) is 13.1 Å². The van der Waals surface area contributed by atoms with Crippen molar-refractivity contribution in [3.8, 4) is 0 Å². The van der Waals surface area contributed by atoms with Crippen LogP contribution in [0.25, 0.3) is 0 Å². The summed E-state index contributed by atoms with van der Waals surface area (Å²) in [4.78, 5) is 6.48. The Kier molecular flexibility index (Phi) is 10.6. The third kappa shape index (κ3) is 8.28. The lowest BCUT2D eigenvalue weighted by Crippen LogP contribution is -2.39. The lowest BCUT2D eigenvalue weighted by atomic mass is 9.86. The Morgan fingerprint density at radius 2 is 2.15 bits per heavy atom. The van der Waals surface area contributed by atoms with E-state index < -0.39 is 10.0 Å². The lowest BCUT2D eigenvalue weighted by Gasteiger charge is -2.25.